The van der Waals surface area contributed by atoms with Crippen molar-refractivity contribution < 1.29 is 9.13 Å². The van der Waals surface area contributed by atoms with E-state index < -0.39 is 0 Å². The summed E-state index contributed by atoms with van der Waals surface area (Å²) in [5, 5.41) is 3.36. The third-order valence-electron chi connectivity index (χ3n) is 3.98. The lowest BCUT2D eigenvalue weighted by Crippen LogP contribution is -2.52. The molecule has 2 rings (SSSR count). The van der Waals surface area contributed by atoms with Crippen molar-refractivity contribution in [1.29, 1.82) is 0 Å². The molecule has 1 N–H and O–H groups in total. The van der Waals surface area contributed by atoms with Gasteiger partial charge in [-0.3, -0.25) is 4.90 Å². The van der Waals surface area contributed by atoms with Crippen molar-refractivity contribution in [2.24, 2.45) is 0 Å². The molecule has 1 aliphatic heterocycles. The lowest BCUT2D eigenvalue weighted by Gasteiger charge is -2.37. The highest BCUT2D eigenvalue weighted by Crippen LogP contribution is 2.19. The van der Waals surface area contributed by atoms with E-state index in [1.54, 1.807) is 0 Å². The van der Waals surface area contributed by atoms with Crippen LogP contribution in [-0.4, -0.2) is 50.3 Å². The maximum Gasteiger partial charge on any atom is 0.137 e. The lowest BCUT2D eigenvalue weighted by atomic mass is 10.00. The number of likely N-dealkylation sites (N-methyl/N-ethyl adjacent to an activating group) is 1. The predicted octanol–water partition coefficient (Wildman–Crippen LogP) is 2.83. The van der Waals surface area contributed by atoms with E-state index in [0.717, 1.165) is 38.2 Å². The van der Waals surface area contributed by atoms with Gasteiger partial charge in [-0.1, -0.05) is 13.0 Å². The van der Waals surface area contributed by atoms with Crippen LogP contribution in [0.15, 0.2) is 22.7 Å². The fraction of sp³-hybridized carbons (Fsp3) is 0.625. The van der Waals surface area contributed by atoms with Crippen LogP contribution in [0.2, 0.25) is 0 Å². The van der Waals surface area contributed by atoms with Crippen LogP contribution in [0.3, 0.4) is 0 Å². The smallest absolute Gasteiger partial charge is 0.137 e. The average Bonchev–Trinajstić information content (AvgIpc) is 2.49. The fourth-order valence-electron chi connectivity index (χ4n) is 2.83. The second-order valence-electron chi connectivity index (χ2n) is 5.56. The maximum atomic E-state index is 13.3. The molecule has 3 nitrogen and oxygen atoms in total. The molecular formula is C16H24BrFN2O. The summed E-state index contributed by atoms with van der Waals surface area (Å²) in [6.07, 6.45) is 2.18. The van der Waals surface area contributed by atoms with Gasteiger partial charge in [-0.2, -0.15) is 0 Å². The summed E-state index contributed by atoms with van der Waals surface area (Å²) in [5.41, 5.74) is 1.11. The molecule has 21 heavy (non-hydrogen) atoms. The zero-order valence-corrected chi connectivity index (χ0v) is 14.3. The maximum absolute atomic E-state index is 13.3. The number of ether oxygens (including phenoxy) is 1. The highest BCUT2D eigenvalue weighted by Gasteiger charge is 2.27. The van der Waals surface area contributed by atoms with Crippen molar-refractivity contribution >= 4 is 15.9 Å². The van der Waals surface area contributed by atoms with E-state index in [0.29, 0.717) is 4.47 Å². The highest BCUT2D eigenvalue weighted by molar-refractivity contribution is 9.10. The van der Waals surface area contributed by atoms with Crippen LogP contribution >= 0.6 is 15.9 Å². The zero-order chi connectivity index (χ0) is 15.2. The predicted molar refractivity (Wildman–Crippen MR) is 87.1 cm³/mol. The molecule has 1 saturated heterocycles. The molecule has 118 valence electrons. The summed E-state index contributed by atoms with van der Waals surface area (Å²) in [4.78, 5) is 2.46. The quantitative estimate of drug-likeness (QED) is 0.846. The number of halogens is 2. The molecule has 1 aromatic rings. The SMILES string of the molecule is CCCN1CCOC(C(Cc2ccc(F)c(Br)c2)NC)C1. The van der Waals surface area contributed by atoms with E-state index in [4.69, 9.17) is 4.74 Å². The normalized spacial score (nSPS) is 21.4. The third kappa shape index (κ3) is 4.74. The summed E-state index contributed by atoms with van der Waals surface area (Å²) in [6.45, 7) is 6.09. The van der Waals surface area contributed by atoms with Gasteiger partial charge in [-0.15, -0.1) is 0 Å². The number of benzene rings is 1. The van der Waals surface area contributed by atoms with Gasteiger partial charge in [-0.25, -0.2) is 4.39 Å². The van der Waals surface area contributed by atoms with Gasteiger partial charge < -0.3 is 10.1 Å². The van der Waals surface area contributed by atoms with Crippen molar-refractivity contribution in [2.45, 2.75) is 31.9 Å². The van der Waals surface area contributed by atoms with E-state index in [2.05, 4.69) is 33.1 Å². The molecule has 2 unspecified atom stereocenters. The molecular weight excluding hydrogens is 335 g/mol. The van der Waals surface area contributed by atoms with E-state index in [9.17, 15) is 4.39 Å². The average molecular weight is 359 g/mol. The largest absolute Gasteiger partial charge is 0.374 e. The highest BCUT2D eigenvalue weighted by atomic mass is 79.9. The van der Waals surface area contributed by atoms with Crippen molar-refractivity contribution in [2.75, 3.05) is 33.3 Å². The minimum Gasteiger partial charge on any atom is -0.374 e. The van der Waals surface area contributed by atoms with Crippen LogP contribution in [0.25, 0.3) is 0 Å². The summed E-state index contributed by atoms with van der Waals surface area (Å²) < 4.78 is 19.8. The molecule has 2 atom stereocenters. The van der Waals surface area contributed by atoms with Crippen LogP contribution in [0.5, 0.6) is 0 Å². The molecule has 1 fully saturated rings. The Hall–Kier alpha value is -0.490. The lowest BCUT2D eigenvalue weighted by molar-refractivity contribution is -0.0450. The minimum atomic E-state index is -0.220. The van der Waals surface area contributed by atoms with E-state index in [1.165, 1.54) is 12.5 Å². The number of nitrogens with zero attached hydrogens (tertiary/aromatic N) is 1. The van der Waals surface area contributed by atoms with Gasteiger partial charge >= 0.3 is 0 Å². The summed E-state index contributed by atoms with van der Waals surface area (Å²) in [7, 11) is 1.96. The number of rotatable bonds is 6. The second kappa shape index (κ2) is 8.22. The Morgan fingerprint density at radius 1 is 1.52 bits per heavy atom. The van der Waals surface area contributed by atoms with Gasteiger partial charge in [0.25, 0.3) is 0 Å². The Bertz CT molecular complexity index is 456. The topological polar surface area (TPSA) is 24.5 Å². The van der Waals surface area contributed by atoms with Crippen molar-refractivity contribution in [1.82, 2.24) is 10.2 Å². The first-order valence-corrected chi connectivity index (χ1v) is 8.38. The molecule has 1 heterocycles. The summed E-state index contributed by atoms with van der Waals surface area (Å²) in [6, 6.07) is 5.45. The molecule has 1 aromatic carbocycles. The first-order valence-electron chi connectivity index (χ1n) is 7.59. The Balaban J connectivity index is 1.99. The fourth-order valence-corrected chi connectivity index (χ4v) is 3.26. The molecule has 0 saturated carbocycles. The first kappa shape index (κ1) is 16.9. The standard InChI is InChI=1S/C16H24BrFN2O/c1-3-6-20-7-8-21-16(11-20)15(19-2)10-12-4-5-14(18)13(17)9-12/h4-5,9,15-16,19H,3,6-8,10-11H2,1-2H3. The summed E-state index contributed by atoms with van der Waals surface area (Å²) >= 11 is 3.25. The van der Waals surface area contributed by atoms with Gasteiger partial charge in [-0.05, 0) is 60.1 Å². The van der Waals surface area contributed by atoms with Crippen LogP contribution in [0.4, 0.5) is 4.39 Å². The van der Waals surface area contributed by atoms with Gasteiger partial charge in [0.05, 0.1) is 17.2 Å². The molecule has 0 aromatic heterocycles. The van der Waals surface area contributed by atoms with Crippen LogP contribution in [0, 0.1) is 5.82 Å². The van der Waals surface area contributed by atoms with Crippen LogP contribution in [0.1, 0.15) is 18.9 Å². The van der Waals surface area contributed by atoms with Crippen LogP contribution in [-0.2, 0) is 11.2 Å². The molecule has 0 bridgehead atoms. The molecule has 0 aliphatic carbocycles. The molecule has 5 heteroatoms. The first-order chi connectivity index (χ1) is 10.1. The minimum absolute atomic E-state index is 0.180. The van der Waals surface area contributed by atoms with Crippen molar-refractivity contribution in [3.8, 4) is 0 Å². The van der Waals surface area contributed by atoms with Crippen LogP contribution < -0.4 is 5.32 Å². The van der Waals surface area contributed by atoms with Gasteiger partial charge in [0.15, 0.2) is 0 Å². The second-order valence-corrected chi connectivity index (χ2v) is 6.41. The monoisotopic (exact) mass is 358 g/mol. The van der Waals surface area contributed by atoms with Gasteiger partial charge in [0, 0.05) is 19.1 Å². The zero-order valence-electron chi connectivity index (χ0n) is 12.7. The summed E-state index contributed by atoms with van der Waals surface area (Å²) in [5.74, 6) is -0.220. The van der Waals surface area contributed by atoms with E-state index >= 15 is 0 Å². The molecule has 1 aliphatic rings. The Morgan fingerprint density at radius 3 is 3.00 bits per heavy atom. The van der Waals surface area contributed by atoms with E-state index in [1.807, 2.05) is 19.2 Å². The molecule has 0 radical (unpaired) electrons. The van der Waals surface area contributed by atoms with Crippen molar-refractivity contribution in [3.05, 3.63) is 34.1 Å². The Morgan fingerprint density at radius 2 is 2.33 bits per heavy atom. The molecule has 0 amide bonds. The van der Waals surface area contributed by atoms with E-state index in [-0.39, 0.29) is 18.0 Å². The third-order valence-corrected chi connectivity index (χ3v) is 4.58. The van der Waals surface area contributed by atoms with Gasteiger partial charge in [0.2, 0.25) is 0 Å². The number of hydrogen-bond acceptors (Lipinski definition) is 3. The number of morpholine rings is 1. The number of hydrogen-bond donors (Lipinski definition) is 1. The Labute approximate surface area is 135 Å². The van der Waals surface area contributed by atoms with Gasteiger partial charge in [0.1, 0.15) is 5.82 Å². The Kier molecular flexibility index (Phi) is 6.61. The molecule has 0 spiro atoms. The number of nitrogens with one attached hydrogen (secondary N) is 1. The van der Waals surface area contributed by atoms with Crippen molar-refractivity contribution in [3.63, 3.8) is 0 Å².